The molecule has 0 spiro atoms. The van der Waals surface area contributed by atoms with Gasteiger partial charge in [0.05, 0.1) is 13.5 Å². The van der Waals surface area contributed by atoms with Crippen LogP contribution in [0.1, 0.15) is 39.4 Å². The number of rotatable bonds is 10. The lowest BCUT2D eigenvalue weighted by atomic mass is 9.83. The SMILES string of the molecule is COc1ccc(C(c2ccc(C(=O)NCCC(=O)O)cc2)c2cccc(-c3ccc(OC(F)(F)F)cc3)c2)cc1. The summed E-state index contributed by atoms with van der Waals surface area (Å²) in [5.41, 5.74) is 4.72. The topological polar surface area (TPSA) is 84.9 Å². The number of aliphatic carboxylic acids is 1. The Bertz CT molecular complexity index is 1450. The van der Waals surface area contributed by atoms with Crippen molar-refractivity contribution >= 4 is 11.9 Å². The van der Waals surface area contributed by atoms with Crippen LogP contribution in [0.25, 0.3) is 11.1 Å². The third-order valence-corrected chi connectivity index (χ3v) is 6.22. The van der Waals surface area contributed by atoms with Crippen LogP contribution in [0, 0.1) is 0 Å². The molecule has 1 atom stereocenters. The van der Waals surface area contributed by atoms with Crippen molar-refractivity contribution in [3.05, 3.63) is 119 Å². The minimum atomic E-state index is -4.76. The summed E-state index contributed by atoms with van der Waals surface area (Å²) < 4.78 is 47.0. The van der Waals surface area contributed by atoms with E-state index in [1.165, 1.54) is 12.1 Å². The Labute approximate surface area is 229 Å². The molecular formula is C31H26F3NO5. The van der Waals surface area contributed by atoms with Crippen molar-refractivity contribution in [2.45, 2.75) is 18.7 Å². The number of hydrogen-bond donors (Lipinski definition) is 2. The fourth-order valence-corrected chi connectivity index (χ4v) is 4.33. The van der Waals surface area contributed by atoms with E-state index in [1.807, 2.05) is 60.7 Å². The summed E-state index contributed by atoms with van der Waals surface area (Å²) in [6, 6.07) is 28.1. The van der Waals surface area contributed by atoms with Crippen molar-refractivity contribution in [1.82, 2.24) is 5.32 Å². The van der Waals surface area contributed by atoms with E-state index in [0.29, 0.717) is 11.3 Å². The van der Waals surface area contributed by atoms with E-state index < -0.39 is 12.3 Å². The quantitative estimate of drug-likeness (QED) is 0.217. The highest BCUT2D eigenvalue weighted by Crippen LogP contribution is 2.35. The highest BCUT2D eigenvalue weighted by molar-refractivity contribution is 5.94. The first-order valence-corrected chi connectivity index (χ1v) is 12.3. The van der Waals surface area contributed by atoms with Crippen LogP contribution in [0.5, 0.6) is 11.5 Å². The number of hydrogen-bond acceptors (Lipinski definition) is 4. The van der Waals surface area contributed by atoms with Gasteiger partial charge in [-0.1, -0.05) is 60.7 Å². The number of nitrogens with one attached hydrogen (secondary N) is 1. The van der Waals surface area contributed by atoms with Crippen molar-refractivity contribution in [1.29, 1.82) is 0 Å². The number of carbonyl (C=O) groups excluding carboxylic acids is 1. The zero-order chi connectivity index (χ0) is 28.7. The van der Waals surface area contributed by atoms with Crippen LogP contribution in [0.2, 0.25) is 0 Å². The van der Waals surface area contributed by atoms with E-state index in [2.05, 4.69) is 10.1 Å². The van der Waals surface area contributed by atoms with E-state index in [-0.39, 0.29) is 30.5 Å². The molecule has 9 heteroatoms. The van der Waals surface area contributed by atoms with Gasteiger partial charge in [0.1, 0.15) is 11.5 Å². The molecule has 4 aromatic carbocycles. The van der Waals surface area contributed by atoms with E-state index in [1.54, 1.807) is 31.4 Å². The molecule has 4 rings (SSSR count). The Morgan fingerprint density at radius 3 is 1.98 bits per heavy atom. The first kappa shape index (κ1) is 28.2. The molecule has 6 nitrogen and oxygen atoms in total. The number of benzene rings is 4. The average Bonchev–Trinajstić information content (AvgIpc) is 2.93. The van der Waals surface area contributed by atoms with Crippen LogP contribution in [-0.2, 0) is 4.79 Å². The molecule has 0 aliphatic heterocycles. The zero-order valence-electron chi connectivity index (χ0n) is 21.4. The lowest BCUT2D eigenvalue weighted by Gasteiger charge is -2.20. The summed E-state index contributed by atoms with van der Waals surface area (Å²) in [6.45, 7) is 0.0283. The minimum absolute atomic E-state index is 0.0283. The van der Waals surface area contributed by atoms with Crippen molar-refractivity contribution in [2.75, 3.05) is 13.7 Å². The van der Waals surface area contributed by atoms with Crippen LogP contribution in [-0.4, -0.2) is 37.0 Å². The lowest BCUT2D eigenvalue weighted by Crippen LogP contribution is -2.25. The Morgan fingerprint density at radius 1 is 0.800 bits per heavy atom. The number of halogens is 3. The lowest BCUT2D eigenvalue weighted by molar-refractivity contribution is -0.274. The van der Waals surface area contributed by atoms with Gasteiger partial charge in [0.2, 0.25) is 0 Å². The van der Waals surface area contributed by atoms with Crippen molar-refractivity contribution in [3.8, 4) is 22.6 Å². The molecule has 1 unspecified atom stereocenters. The van der Waals surface area contributed by atoms with Crippen molar-refractivity contribution in [2.24, 2.45) is 0 Å². The Balaban J connectivity index is 1.66. The maximum absolute atomic E-state index is 12.6. The first-order valence-electron chi connectivity index (χ1n) is 12.3. The minimum Gasteiger partial charge on any atom is -0.497 e. The molecule has 0 saturated carbocycles. The molecular weight excluding hydrogens is 523 g/mol. The smallest absolute Gasteiger partial charge is 0.497 e. The highest BCUT2D eigenvalue weighted by atomic mass is 19.4. The van der Waals surface area contributed by atoms with Crippen molar-refractivity contribution in [3.63, 3.8) is 0 Å². The molecule has 0 radical (unpaired) electrons. The molecule has 40 heavy (non-hydrogen) atoms. The largest absolute Gasteiger partial charge is 0.573 e. The number of carboxylic acids is 1. The molecule has 4 aromatic rings. The summed E-state index contributed by atoms with van der Waals surface area (Å²) in [6.07, 6.45) is -4.93. The number of carbonyl (C=O) groups is 2. The molecule has 206 valence electrons. The molecule has 2 N–H and O–H groups in total. The van der Waals surface area contributed by atoms with Gasteiger partial charge in [0.25, 0.3) is 5.91 Å². The van der Waals surface area contributed by atoms with Gasteiger partial charge in [-0.05, 0) is 64.2 Å². The molecule has 0 fully saturated rings. The normalized spacial score (nSPS) is 11.9. The number of carboxylic acid groups (broad SMARTS) is 1. The van der Waals surface area contributed by atoms with Gasteiger partial charge < -0.3 is 19.9 Å². The van der Waals surface area contributed by atoms with E-state index in [4.69, 9.17) is 9.84 Å². The molecule has 0 aliphatic rings. The average molecular weight is 550 g/mol. The van der Waals surface area contributed by atoms with Gasteiger partial charge in [0.15, 0.2) is 0 Å². The summed E-state index contributed by atoms with van der Waals surface area (Å²) >= 11 is 0. The Kier molecular flexibility index (Phi) is 8.73. The summed E-state index contributed by atoms with van der Waals surface area (Å²) in [4.78, 5) is 23.2. The van der Waals surface area contributed by atoms with E-state index in [0.717, 1.165) is 27.8 Å². The Morgan fingerprint density at radius 2 is 1.40 bits per heavy atom. The van der Waals surface area contributed by atoms with Gasteiger partial charge >= 0.3 is 12.3 Å². The summed E-state index contributed by atoms with van der Waals surface area (Å²) in [5, 5.41) is 11.4. The molecule has 0 bridgehead atoms. The predicted octanol–water partition coefficient (Wildman–Crippen LogP) is 6.65. The summed E-state index contributed by atoms with van der Waals surface area (Å²) in [7, 11) is 1.58. The molecule has 0 aromatic heterocycles. The molecule has 1 amide bonds. The van der Waals surface area contributed by atoms with Crippen LogP contribution in [0.15, 0.2) is 97.1 Å². The maximum Gasteiger partial charge on any atom is 0.573 e. The van der Waals surface area contributed by atoms with E-state index >= 15 is 0 Å². The van der Waals surface area contributed by atoms with Gasteiger partial charge in [0, 0.05) is 18.0 Å². The zero-order valence-corrected chi connectivity index (χ0v) is 21.4. The van der Waals surface area contributed by atoms with Crippen LogP contribution < -0.4 is 14.8 Å². The van der Waals surface area contributed by atoms with Gasteiger partial charge in [-0.3, -0.25) is 9.59 Å². The van der Waals surface area contributed by atoms with Crippen molar-refractivity contribution < 1.29 is 37.3 Å². The second kappa shape index (κ2) is 12.4. The number of alkyl halides is 3. The van der Waals surface area contributed by atoms with Crippen LogP contribution >= 0.6 is 0 Å². The fraction of sp³-hybridized carbons (Fsp3) is 0.161. The number of methoxy groups -OCH3 is 1. The van der Waals surface area contributed by atoms with Crippen LogP contribution in [0.4, 0.5) is 13.2 Å². The monoisotopic (exact) mass is 549 g/mol. The van der Waals surface area contributed by atoms with Gasteiger partial charge in [-0.25, -0.2) is 0 Å². The first-order chi connectivity index (χ1) is 19.1. The number of amides is 1. The highest BCUT2D eigenvalue weighted by Gasteiger charge is 2.31. The van der Waals surface area contributed by atoms with E-state index in [9.17, 15) is 22.8 Å². The number of ether oxygens (including phenoxy) is 2. The maximum atomic E-state index is 12.6. The molecule has 0 saturated heterocycles. The second-order valence-corrected chi connectivity index (χ2v) is 8.93. The molecule has 0 heterocycles. The Hall–Kier alpha value is -4.79. The molecule has 0 aliphatic carbocycles. The third-order valence-electron chi connectivity index (χ3n) is 6.22. The summed E-state index contributed by atoms with van der Waals surface area (Å²) in [5.74, 6) is -1.19. The van der Waals surface area contributed by atoms with Gasteiger partial charge in [-0.15, -0.1) is 13.2 Å². The van der Waals surface area contributed by atoms with Gasteiger partial charge in [-0.2, -0.15) is 0 Å². The van der Waals surface area contributed by atoms with Crippen LogP contribution in [0.3, 0.4) is 0 Å². The predicted molar refractivity (Wildman–Crippen MR) is 144 cm³/mol. The third kappa shape index (κ3) is 7.41. The second-order valence-electron chi connectivity index (χ2n) is 8.93. The fourth-order valence-electron chi connectivity index (χ4n) is 4.33. The standard InChI is InChI=1S/C31H26F3NO5/c1-39-26-13-11-22(12-14-26)29(21-5-7-23(8-6-21)30(38)35-18-17-28(36)37)25-4-2-3-24(19-25)20-9-15-27(16-10-20)40-31(32,33)34/h2-16,19,29H,17-18H2,1H3,(H,35,38)(H,36,37).